The lowest BCUT2D eigenvalue weighted by Gasteiger charge is -2.44. The molecule has 6 aliphatic rings. The summed E-state index contributed by atoms with van der Waals surface area (Å²) in [6.45, 7) is 7.19. The van der Waals surface area contributed by atoms with Crippen LogP contribution >= 0.6 is 0 Å². The van der Waals surface area contributed by atoms with Gasteiger partial charge in [0, 0.05) is 60.5 Å². The molecule has 1 amide bonds. The van der Waals surface area contributed by atoms with Gasteiger partial charge in [0.2, 0.25) is 5.91 Å². The Morgan fingerprint density at radius 3 is 1.98 bits per heavy atom. The summed E-state index contributed by atoms with van der Waals surface area (Å²) in [4.78, 5) is 13.2. The molecule has 1 heterocycles. The predicted molar refractivity (Wildman–Crippen MR) is 193 cm³/mol. The number of ether oxygens (including phenoxy) is 8. The van der Waals surface area contributed by atoms with Gasteiger partial charge in [-0.2, -0.15) is 0 Å². The van der Waals surface area contributed by atoms with E-state index in [1.165, 1.54) is 0 Å². The molecule has 0 bridgehead atoms. The molecule has 1 saturated heterocycles. The zero-order valence-electron chi connectivity index (χ0n) is 32.7. The van der Waals surface area contributed by atoms with Gasteiger partial charge in [-0.1, -0.05) is 19.1 Å². The smallest absolute Gasteiger partial charge is 0.226 e. The molecule has 292 valence electrons. The third kappa shape index (κ3) is 8.57. The largest absolute Gasteiger partial charge is 0.381 e. The second-order valence-electron chi connectivity index (χ2n) is 17.1. The minimum atomic E-state index is -0.403. The van der Waals surface area contributed by atoms with E-state index in [-0.39, 0.29) is 78.8 Å². The lowest BCUT2D eigenvalue weighted by molar-refractivity contribution is -0.178. The van der Waals surface area contributed by atoms with Crippen LogP contribution in [0.2, 0.25) is 0 Å². The highest BCUT2D eigenvalue weighted by Gasteiger charge is 2.66. The summed E-state index contributed by atoms with van der Waals surface area (Å²) >= 11 is 0. The van der Waals surface area contributed by atoms with E-state index >= 15 is 0 Å². The van der Waals surface area contributed by atoms with Gasteiger partial charge in [0.05, 0.1) is 67.0 Å². The first-order chi connectivity index (χ1) is 24.5. The van der Waals surface area contributed by atoms with Crippen LogP contribution in [0.15, 0.2) is 12.2 Å². The molecule has 0 radical (unpaired) electrons. The fourth-order valence-electron chi connectivity index (χ4n) is 10.5. The van der Waals surface area contributed by atoms with Crippen LogP contribution in [0.1, 0.15) is 78.6 Å². The van der Waals surface area contributed by atoms with Gasteiger partial charge in [0.25, 0.3) is 0 Å². The standard InChI is InChI=1S/C40H68N2O9/c1-22(21-50-29-15-13-25(19-30(29)45-5)38-41-27-20-26-34(36(26)48-8)35(27)39(43)42-38)40(2,3)51-31-16-23(12-14-28(31)44-4)10-11-24-17-32(46-6)37(49-9)33(18-24)47-7/h10-11,22-38,41H,12-21H2,1-9H3,(H,42,43). The highest BCUT2D eigenvalue weighted by Crippen LogP contribution is 2.58. The number of nitrogens with one attached hydrogen (secondary N) is 2. The van der Waals surface area contributed by atoms with Gasteiger partial charge in [0.1, 0.15) is 6.10 Å². The fraction of sp³-hybridized carbons (Fsp3) is 0.925. The van der Waals surface area contributed by atoms with E-state index in [1.807, 2.05) is 7.11 Å². The van der Waals surface area contributed by atoms with Gasteiger partial charge in [-0.05, 0) is 95.3 Å². The lowest BCUT2D eigenvalue weighted by Crippen LogP contribution is -2.64. The quantitative estimate of drug-likeness (QED) is 0.235. The average Bonchev–Trinajstić information content (AvgIpc) is 3.68. The zero-order chi connectivity index (χ0) is 36.4. The van der Waals surface area contributed by atoms with Crippen molar-refractivity contribution in [3.8, 4) is 0 Å². The van der Waals surface area contributed by atoms with Crippen LogP contribution in [0.5, 0.6) is 0 Å². The Hall–Kier alpha value is -1.15. The van der Waals surface area contributed by atoms with Crippen LogP contribution in [0.3, 0.4) is 0 Å². The number of allylic oxidation sites excluding steroid dienone is 2. The van der Waals surface area contributed by atoms with Gasteiger partial charge in [0.15, 0.2) is 0 Å². The van der Waals surface area contributed by atoms with Crippen LogP contribution in [-0.2, 0) is 42.7 Å². The van der Waals surface area contributed by atoms with Crippen molar-refractivity contribution in [2.45, 2.75) is 145 Å². The lowest BCUT2D eigenvalue weighted by atomic mass is 9.80. The normalized spacial score (nSPS) is 44.9. The first-order valence-corrected chi connectivity index (χ1v) is 19.8. The van der Waals surface area contributed by atoms with Gasteiger partial charge in [-0.25, -0.2) is 0 Å². The van der Waals surface area contributed by atoms with Crippen molar-refractivity contribution in [2.24, 2.45) is 41.4 Å². The van der Waals surface area contributed by atoms with Gasteiger partial charge in [-0.3, -0.25) is 10.1 Å². The number of amides is 1. The molecule has 51 heavy (non-hydrogen) atoms. The number of hydrogen-bond donors (Lipinski definition) is 2. The topological polar surface area (TPSA) is 115 Å². The summed E-state index contributed by atoms with van der Waals surface area (Å²) in [7, 11) is 10.6. The van der Waals surface area contributed by atoms with Crippen molar-refractivity contribution in [3.63, 3.8) is 0 Å². The van der Waals surface area contributed by atoms with Crippen molar-refractivity contribution in [3.05, 3.63) is 12.2 Å². The maximum absolute atomic E-state index is 13.2. The third-order valence-corrected chi connectivity index (χ3v) is 14.0. The molecule has 0 aromatic carbocycles. The summed E-state index contributed by atoms with van der Waals surface area (Å²) < 4.78 is 48.4. The van der Waals surface area contributed by atoms with Crippen molar-refractivity contribution in [2.75, 3.05) is 49.3 Å². The molecule has 6 fully saturated rings. The summed E-state index contributed by atoms with van der Waals surface area (Å²) in [5.41, 5.74) is -0.403. The Labute approximate surface area is 306 Å². The van der Waals surface area contributed by atoms with E-state index < -0.39 is 5.60 Å². The van der Waals surface area contributed by atoms with Crippen LogP contribution in [0.25, 0.3) is 0 Å². The molecule has 15 atom stereocenters. The zero-order valence-corrected chi connectivity index (χ0v) is 32.7. The van der Waals surface area contributed by atoms with Gasteiger partial charge >= 0.3 is 0 Å². The predicted octanol–water partition coefficient (Wildman–Crippen LogP) is 4.51. The van der Waals surface area contributed by atoms with Crippen molar-refractivity contribution in [1.29, 1.82) is 0 Å². The third-order valence-electron chi connectivity index (χ3n) is 14.0. The highest BCUT2D eigenvalue weighted by molar-refractivity contribution is 5.82. The Morgan fingerprint density at radius 2 is 1.33 bits per heavy atom. The van der Waals surface area contributed by atoms with Crippen molar-refractivity contribution >= 4 is 5.91 Å². The van der Waals surface area contributed by atoms with Gasteiger partial charge in [-0.15, -0.1) is 0 Å². The van der Waals surface area contributed by atoms with E-state index in [2.05, 4.69) is 43.6 Å². The second kappa shape index (κ2) is 17.1. The molecular weight excluding hydrogens is 652 g/mol. The summed E-state index contributed by atoms with van der Waals surface area (Å²) in [6.07, 6.45) is 13.7. The first-order valence-electron chi connectivity index (χ1n) is 19.8. The van der Waals surface area contributed by atoms with Crippen molar-refractivity contribution in [1.82, 2.24) is 10.6 Å². The van der Waals surface area contributed by atoms with Crippen molar-refractivity contribution < 1.29 is 42.7 Å². The SMILES string of the molecule is COC1CC(C2NC(=O)C3C(CC4C(OC)C43)N2)CCC1OCC(C)C(C)(C)OC1CC(C=CC2CC(OC)C(OC)C(OC)C2)CCC1OC. The van der Waals surface area contributed by atoms with Crippen LogP contribution in [-0.4, -0.2) is 122 Å². The molecular formula is C40H68N2O9. The fourth-order valence-corrected chi connectivity index (χ4v) is 10.5. The minimum absolute atomic E-state index is 0.00429. The Bertz CT molecular complexity index is 1160. The molecule has 5 saturated carbocycles. The van der Waals surface area contributed by atoms with E-state index in [0.29, 0.717) is 36.2 Å². The highest BCUT2D eigenvalue weighted by atomic mass is 16.6. The number of hydrogen-bond acceptors (Lipinski definition) is 10. The summed E-state index contributed by atoms with van der Waals surface area (Å²) in [5.74, 6) is 2.43. The molecule has 11 nitrogen and oxygen atoms in total. The van der Waals surface area contributed by atoms with E-state index in [1.54, 1.807) is 35.5 Å². The number of rotatable bonds is 15. The van der Waals surface area contributed by atoms with Crippen LogP contribution < -0.4 is 10.6 Å². The minimum Gasteiger partial charge on any atom is -0.381 e. The van der Waals surface area contributed by atoms with E-state index in [9.17, 15) is 4.79 Å². The molecule has 15 unspecified atom stereocenters. The van der Waals surface area contributed by atoms with E-state index in [0.717, 1.165) is 57.8 Å². The Morgan fingerprint density at radius 1 is 0.706 bits per heavy atom. The summed E-state index contributed by atoms with van der Waals surface area (Å²) in [6, 6.07) is 0.254. The molecule has 0 spiro atoms. The molecule has 2 N–H and O–H groups in total. The Balaban J connectivity index is 0.977. The van der Waals surface area contributed by atoms with Gasteiger partial charge < -0.3 is 43.2 Å². The number of fused-ring (bicyclic) bond motifs is 3. The molecule has 0 aromatic heterocycles. The molecule has 6 rings (SSSR count). The second-order valence-corrected chi connectivity index (χ2v) is 17.1. The van der Waals surface area contributed by atoms with Crippen LogP contribution in [0.4, 0.5) is 0 Å². The first kappa shape index (κ1) is 39.5. The molecule has 1 aliphatic heterocycles. The van der Waals surface area contributed by atoms with E-state index in [4.69, 9.17) is 37.9 Å². The molecule has 0 aromatic rings. The maximum Gasteiger partial charge on any atom is 0.226 e. The number of methoxy groups -OCH3 is 6. The number of carbonyl (C=O) groups is 1. The summed E-state index contributed by atoms with van der Waals surface area (Å²) in [5, 5.41) is 7.14. The Kier molecular flexibility index (Phi) is 13.3. The molecule has 11 heteroatoms. The molecule has 5 aliphatic carbocycles. The van der Waals surface area contributed by atoms with Crippen LogP contribution in [0, 0.1) is 41.4 Å². The average molecular weight is 721 g/mol. The maximum atomic E-state index is 13.2. The number of carbonyl (C=O) groups excluding carboxylic acids is 1. The monoisotopic (exact) mass is 720 g/mol.